The largest absolute Gasteiger partial charge is 0.456 e. The number of rotatable bonds is 3. The Kier molecular flexibility index (Phi) is 4.33. The molecule has 3 nitrogen and oxygen atoms in total. The zero-order valence-corrected chi connectivity index (χ0v) is 11.6. The highest BCUT2D eigenvalue weighted by Crippen LogP contribution is 2.12. The van der Waals surface area contributed by atoms with Crippen LogP contribution in [0.3, 0.4) is 0 Å². The molecule has 92 valence electrons. The number of halogens is 2. The molecule has 1 aromatic heterocycles. The van der Waals surface area contributed by atoms with Crippen molar-refractivity contribution in [3.05, 3.63) is 63.3 Å². The maximum atomic E-state index is 11.7. The Balaban J connectivity index is 1.98. The summed E-state index contributed by atoms with van der Waals surface area (Å²) in [6, 6.07) is 12.2. The van der Waals surface area contributed by atoms with Gasteiger partial charge in [-0.2, -0.15) is 0 Å². The van der Waals surface area contributed by atoms with Crippen molar-refractivity contribution in [2.75, 3.05) is 0 Å². The number of nitrogens with zero attached hydrogens (tertiary/aromatic N) is 1. The van der Waals surface area contributed by atoms with Gasteiger partial charge in [-0.15, -0.1) is 0 Å². The Bertz CT molecular complexity index is 557. The van der Waals surface area contributed by atoms with Crippen molar-refractivity contribution in [2.45, 2.75) is 6.61 Å². The molecule has 0 unspecified atom stereocenters. The molecule has 0 saturated carbocycles. The Morgan fingerprint density at radius 3 is 2.61 bits per heavy atom. The average Bonchev–Trinajstić information content (AvgIpc) is 2.38. The second-order valence-electron chi connectivity index (χ2n) is 3.55. The van der Waals surface area contributed by atoms with Crippen LogP contribution in [0.4, 0.5) is 0 Å². The minimum atomic E-state index is -0.453. The number of carbonyl (C=O) groups excluding carboxylic acids is 1. The Hall–Kier alpha value is -1.39. The molecule has 2 aromatic rings. The lowest BCUT2D eigenvalue weighted by Crippen LogP contribution is -2.07. The van der Waals surface area contributed by atoms with Gasteiger partial charge in [0.2, 0.25) is 0 Å². The van der Waals surface area contributed by atoms with Crippen LogP contribution < -0.4 is 0 Å². The molecular weight excluding hydrogens is 318 g/mol. The first-order chi connectivity index (χ1) is 8.65. The predicted molar refractivity (Wildman–Crippen MR) is 72.5 cm³/mol. The van der Waals surface area contributed by atoms with Crippen molar-refractivity contribution in [2.24, 2.45) is 0 Å². The summed E-state index contributed by atoms with van der Waals surface area (Å²) in [5, 5.41) is 0.652. The highest BCUT2D eigenvalue weighted by atomic mass is 79.9. The van der Waals surface area contributed by atoms with E-state index in [0.717, 1.165) is 5.56 Å². The summed E-state index contributed by atoms with van der Waals surface area (Å²) >= 11 is 8.97. The lowest BCUT2D eigenvalue weighted by molar-refractivity contribution is 0.0465. The maximum absolute atomic E-state index is 11.7. The van der Waals surface area contributed by atoms with Crippen LogP contribution in [-0.4, -0.2) is 11.0 Å². The monoisotopic (exact) mass is 325 g/mol. The number of hydrogen-bond acceptors (Lipinski definition) is 3. The second kappa shape index (κ2) is 5.98. The van der Waals surface area contributed by atoms with E-state index in [4.69, 9.17) is 16.3 Å². The molecule has 18 heavy (non-hydrogen) atoms. The van der Waals surface area contributed by atoms with E-state index in [1.165, 1.54) is 0 Å². The quantitative estimate of drug-likeness (QED) is 0.635. The van der Waals surface area contributed by atoms with Crippen molar-refractivity contribution in [1.29, 1.82) is 0 Å². The minimum absolute atomic E-state index is 0.199. The highest BCUT2D eigenvalue weighted by Gasteiger charge is 2.09. The van der Waals surface area contributed by atoms with Crippen LogP contribution in [0.25, 0.3) is 0 Å². The van der Waals surface area contributed by atoms with E-state index in [2.05, 4.69) is 20.9 Å². The number of hydrogen-bond donors (Lipinski definition) is 0. The molecule has 0 radical (unpaired) electrons. The fourth-order valence-electron chi connectivity index (χ4n) is 1.33. The zero-order chi connectivity index (χ0) is 13.0. The van der Waals surface area contributed by atoms with Gasteiger partial charge in [0.05, 0.1) is 0 Å². The molecule has 1 heterocycles. The third-order valence-electron chi connectivity index (χ3n) is 2.21. The van der Waals surface area contributed by atoms with E-state index >= 15 is 0 Å². The first-order valence-electron chi connectivity index (χ1n) is 5.19. The molecule has 0 N–H and O–H groups in total. The molecule has 0 bridgehead atoms. The van der Waals surface area contributed by atoms with Crippen LogP contribution in [0, 0.1) is 0 Å². The summed E-state index contributed by atoms with van der Waals surface area (Å²) in [6.07, 6.45) is 0. The summed E-state index contributed by atoms with van der Waals surface area (Å²) < 4.78 is 5.74. The normalized spacial score (nSPS) is 10.1. The van der Waals surface area contributed by atoms with Gasteiger partial charge in [0.15, 0.2) is 0 Å². The van der Waals surface area contributed by atoms with E-state index in [1.54, 1.807) is 30.3 Å². The van der Waals surface area contributed by atoms with Crippen molar-refractivity contribution in [1.82, 2.24) is 4.98 Å². The van der Waals surface area contributed by atoms with Gasteiger partial charge in [-0.1, -0.05) is 29.8 Å². The smallest absolute Gasteiger partial charge is 0.357 e. The molecule has 0 saturated heterocycles. The summed E-state index contributed by atoms with van der Waals surface area (Å²) in [5.74, 6) is -0.453. The molecule has 0 aliphatic rings. The molecule has 5 heteroatoms. The van der Waals surface area contributed by atoms with E-state index < -0.39 is 5.97 Å². The van der Waals surface area contributed by atoms with Gasteiger partial charge in [-0.05, 0) is 45.8 Å². The predicted octanol–water partition coefficient (Wildman–Crippen LogP) is 3.85. The Morgan fingerprint density at radius 1 is 1.22 bits per heavy atom. The van der Waals surface area contributed by atoms with E-state index in [0.29, 0.717) is 9.63 Å². The van der Waals surface area contributed by atoms with Crippen molar-refractivity contribution < 1.29 is 9.53 Å². The van der Waals surface area contributed by atoms with E-state index in [1.807, 2.05) is 12.1 Å². The fourth-order valence-corrected chi connectivity index (χ4v) is 1.80. The van der Waals surface area contributed by atoms with Crippen LogP contribution in [0.15, 0.2) is 47.1 Å². The van der Waals surface area contributed by atoms with Crippen LogP contribution in [0.5, 0.6) is 0 Å². The van der Waals surface area contributed by atoms with Crippen LogP contribution in [-0.2, 0) is 11.3 Å². The lowest BCUT2D eigenvalue weighted by atomic mass is 10.2. The van der Waals surface area contributed by atoms with Crippen LogP contribution >= 0.6 is 27.5 Å². The van der Waals surface area contributed by atoms with Crippen LogP contribution in [0.2, 0.25) is 5.02 Å². The van der Waals surface area contributed by atoms with Gasteiger partial charge in [-0.25, -0.2) is 9.78 Å². The van der Waals surface area contributed by atoms with E-state index in [9.17, 15) is 4.79 Å². The molecule has 0 fully saturated rings. The molecule has 0 aliphatic heterocycles. The number of carbonyl (C=O) groups is 1. The van der Waals surface area contributed by atoms with Crippen molar-refractivity contribution in [3.8, 4) is 0 Å². The molecule has 2 rings (SSSR count). The molecule has 0 amide bonds. The summed E-state index contributed by atoms with van der Waals surface area (Å²) in [5.41, 5.74) is 1.15. The summed E-state index contributed by atoms with van der Waals surface area (Å²) in [4.78, 5) is 15.7. The SMILES string of the molecule is O=C(OCc1ccc(Cl)cc1)c1cccc(Br)n1. The summed E-state index contributed by atoms with van der Waals surface area (Å²) in [7, 11) is 0. The molecule has 0 aliphatic carbocycles. The molecule has 0 atom stereocenters. The van der Waals surface area contributed by atoms with Crippen molar-refractivity contribution >= 4 is 33.5 Å². The van der Waals surface area contributed by atoms with Gasteiger partial charge in [0, 0.05) is 5.02 Å². The highest BCUT2D eigenvalue weighted by molar-refractivity contribution is 9.10. The van der Waals surface area contributed by atoms with Gasteiger partial charge >= 0.3 is 5.97 Å². The van der Waals surface area contributed by atoms with E-state index in [-0.39, 0.29) is 12.3 Å². The third-order valence-corrected chi connectivity index (χ3v) is 2.90. The first-order valence-corrected chi connectivity index (χ1v) is 6.36. The number of benzene rings is 1. The Labute approximate surface area is 118 Å². The summed E-state index contributed by atoms with van der Waals surface area (Å²) in [6.45, 7) is 0.199. The lowest BCUT2D eigenvalue weighted by Gasteiger charge is -2.04. The Morgan fingerprint density at radius 2 is 1.94 bits per heavy atom. The fraction of sp³-hybridized carbons (Fsp3) is 0.0769. The van der Waals surface area contributed by atoms with Gasteiger partial charge in [0.25, 0.3) is 0 Å². The minimum Gasteiger partial charge on any atom is -0.456 e. The van der Waals surface area contributed by atoms with Crippen LogP contribution in [0.1, 0.15) is 16.1 Å². The number of pyridine rings is 1. The molecule has 1 aromatic carbocycles. The number of ether oxygens (including phenoxy) is 1. The van der Waals surface area contributed by atoms with Gasteiger partial charge < -0.3 is 4.74 Å². The van der Waals surface area contributed by atoms with Gasteiger partial charge in [0.1, 0.15) is 16.9 Å². The van der Waals surface area contributed by atoms with Gasteiger partial charge in [-0.3, -0.25) is 0 Å². The second-order valence-corrected chi connectivity index (χ2v) is 4.80. The standard InChI is InChI=1S/C13H9BrClNO2/c14-12-3-1-2-11(16-12)13(17)18-8-9-4-6-10(15)7-5-9/h1-7H,8H2. The van der Waals surface area contributed by atoms with Crippen molar-refractivity contribution in [3.63, 3.8) is 0 Å². The number of esters is 1. The topological polar surface area (TPSA) is 39.2 Å². The zero-order valence-electron chi connectivity index (χ0n) is 9.27. The maximum Gasteiger partial charge on any atom is 0.357 e. The number of aromatic nitrogens is 1. The molecular formula is C13H9BrClNO2. The molecule has 0 spiro atoms. The average molecular weight is 327 g/mol. The first kappa shape index (κ1) is 13.1. The third kappa shape index (κ3) is 3.55.